The highest BCUT2D eigenvalue weighted by Crippen LogP contribution is 2.10. The largest absolute Gasteiger partial charge is 0.286 e. The van der Waals surface area contributed by atoms with Crippen molar-refractivity contribution in [2.45, 2.75) is 0 Å². The van der Waals surface area contributed by atoms with Crippen LogP contribution < -0.4 is 10.9 Å². The number of nitrogens with one attached hydrogen (secondary N) is 2. The van der Waals surface area contributed by atoms with Crippen LogP contribution in [0.25, 0.3) is 22.5 Å². The zero-order valence-corrected chi connectivity index (χ0v) is 13.5. The van der Waals surface area contributed by atoms with Gasteiger partial charge in [-0.25, -0.2) is 0 Å². The number of hydrogen-bond acceptors (Lipinski definition) is 6. The molecular weight excluding hydrogens is 332 g/mol. The average Bonchev–Trinajstić information content (AvgIpc) is 2.71. The summed E-state index contributed by atoms with van der Waals surface area (Å²) < 4.78 is 0. The van der Waals surface area contributed by atoms with E-state index in [1.165, 1.54) is 12.4 Å². The summed E-state index contributed by atoms with van der Waals surface area (Å²) in [6.45, 7) is 0. The molecule has 0 aliphatic rings. The molecule has 2 aromatic carbocycles. The van der Waals surface area contributed by atoms with Gasteiger partial charge in [-0.1, -0.05) is 60.7 Å². The predicted molar refractivity (Wildman–Crippen MR) is 96.2 cm³/mol. The van der Waals surface area contributed by atoms with Crippen molar-refractivity contribution in [3.63, 3.8) is 0 Å². The molecular formula is C18H14N6O2. The molecule has 2 aromatic heterocycles. The number of hydrogen-bond donors (Lipinski definition) is 2. The topological polar surface area (TPSA) is 117 Å². The zero-order valence-electron chi connectivity index (χ0n) is 13.5. The number of H-pyrrole nitrogens is 2. The van der Waals surface area contributed by atoms with Gasteiger partial charge in [-0.3, -0.25) is 9.59 Å². The van der Waals surface area contributed by atoms with Crippen molar-refractivity contribution in [2.24, 2.45) is 0 Å². The molecule has 0 amide bonds. The van der Waals surface area contributed by atoms with Crippen molar-refractivity contribution in [3.05, 3.63) is 93.5 Å². The Morgan fingerprint density at radius 2 is 0.962 bits per heavy atom. The Kier molecular flexibility index (Phi) is 5.36. The van der Waals surface area contributed by atoms with Crippen LogP contribution in [0, 0.1) is 0 Å². The molecule has 0 saturated carbocycles. The third-order valence-corrected chi connectivity index (χ3v) is 3.36. The van der Waals surface area contributed by atoms with Gasteiger partial charge in [0.05, 0.1) is 12.4 Å². The first kappa shape index (κ1) is 16.9. The van der Waals surface area contributed by atoms with Crippen molar-refractivity contribution in [2.75, 3.05) is 0 Å². The van der Waals surface area contributed by atoms with Crippen molar-refractivity contribution >= 4 is 0 Å². The van der Waals surface area contributed by atoms with Crippen LogP contribution in [0.2, 0.25) is 0 Å². The Bertz CT molecular complexity index is 988. The van der Waals surface area contributed by atoms with Crippen LogP contribution >= 0.6 is 0 Å². The third kappa shape index (κ3) is 4.12. The molecule has 0 aliphatic carbocycles. The fraction of sp³-hybridized carbons (Fsp3) is 0. The summed E-state index contributed by atoms with van der Waals surface area (Å²) in [6, 6.07) is 18.5. The fourth-order valence-electron chi connectivity index (χ4n) is 2.17. The highest BCUT2D eigenvalue weighted by atomic mass is 16.1. The average molecular weight is 346 g/mol. The van der Waals surface area contributed by atoms with Crippen LogP contribution in [0.15, 0.2) is 82.6 Å². The van der Waals surface area contributed by atoms with E-state index >= 15 is 0 Å². The molecule has 0 atom stereocenters. The lowest BCUT2D eigenvalue weighted by Crippen LogP contribution is -2.08. The van der Waals surface area contributed by atoms with Crippen molar-refractivity contribution in [3.8, 4) is 22.5 Å². The Morgan fingerprint density at radius 1 is 0.577 bits per heavy atom. The van der Waals surface area contributed by atoms with Crippen LogP contribution in [0.5, 0.6) is 0 Å². The van der Waals surface area contributed by atoms with E-state index in [9.17, 15) is 9.59 Å². The summed E-state index contributed by atoms with van der Waals surface area (Å²) in [5, 5.41) is 19.4. The minimum absolute atomic E-state index is 0.176. The van der Waals surface area contributed by atoms with Gasteiger partial charge in [-0.2, -0.15) is 30.8 Å². The molecule has 2 heterocycles. The number of aromatic nitrogens is 6. The van der Waals surface area contributed by atoms with Gasteiger partial charge in [0.2, 0.25) is 10.9 Å². The summed E-state index contributed by atoms with van der Waals surface area (Å²) in [4.78, 5) is 22.5. The molecule has 0 spiro atoms. The van der Waals surface area contributed by atoms with E-state index in [0.717, 1.165) is 11.1 Å². The highest BCUT2D eigenvalue weighted by molar-refractivity contribution is 5.58. The van der Waals surface area contributed by atoms with Gasteiger partial charge in [0.25, 0.3) is 0 Å². The normalized spacial score (nSPS) is 9.85. The highest BCUT2D eigenvalue weighted by Gasteiger charge is 2.02. The van der Waals surface area contributed by atoms with Crippen LogP contribution in [-0.4, -0.2) is 30.8 Å². The lowest BCUT2D eigenvalue weighted by molar-refractivity contribution is 0.861. The molecule has 0 saturated heterocycles. The number of rotatable bonds is 2. The molecule has 2 N–H and O–H groups in total. The monoisotopic (exact) mass is 346 g/mol. The molecule has 0 radical (unpaired) electrons. The second-order valence-corrected chi connectivity index (χ2v) is 5.10. The fourth-order valence-corrected chi connectivity index (χ4v) is 2.17. The standard InChI is InChI=1S/2C9H7N3O/c2*13-8-6-10-12-11-9(8)7-4-2-1-3-5-7/h2*1-6H,(H,12,13). The second kappa shape index (κ2) is 8.25. The van der Waals surface area contributed by atoms with E-state index in [2.05, 4.69) is 30.8 Å². The van der Waals surface area contributed by atoms with Crippen molar-refractivity contribution in [1.29, 1.82) is 0 Å². The summed E-state index contributed by atoms with van der Waals surface area (Å²) in [7, 11) is 0. The first-order valence-corrected chi connectivity index (χ1v) is 7.67. The maximum atomic E-state index is 11.3. The SMILES string of the molecule is O=c1cn[nH]nc1-c1ccccc1.O=c1cn[nH]nc1-c1ccccc1. The Hall–Kier alpha value is -3.94. The molecule has 0 bridgehead atoms. The lowest BCUT2D eigenvalue weighted by atomic mass is 10.1. The van der Waals surface area contributed by atoms with Crippen molar-refractivity contribution in [1.82, 2.24) is 30.8 Å². The van der Waals surface area contributed by atoms with Gasteiger partial charge in [0.1, 0.15) is 11.4 Å². The molecule has 0 unspecified atom stereocenters. The summed E-state index contributed by atoms with van der Waals surface area (Å²) in [5.41, 5.74) is 2.04. The summed E-state index contributed by atoms with van der Waals surface area (Å²) in [6.07, 6.45) is 2.44. The molecule has 8 nitrogen and oxygen atoms in total. The molecule has 128 valence electrons. The van der Waals surface area contributed by atoms with Gasteiger partial charge in [-0.05, 0) is 0 Å². The number of nitrogens with zero attached hydrogens (tertiary/aromatic N) is 4. The van der Waals surface area contributed by atoms with Crippen LogP contribution in [0.3, 0.4) is 0 Å². The minimum Gasteiger partial charge on any atom is -0.286 e. The van der Waals surface area contributed by atoms with E-state index in [-0.39, 0.29) is 10.9 Å². The van der Waals surface area contributed by atoms with Crippen LogP contribution in [0.1, 0.15) is 0 Å². The molecule has 0 fully saturated rings. The Morgan fingerprint density at radius 3 is 1.31 bits per heavy atom. The summed E-state index contributed by atoms with van der Waals surface area (Å²) in [5.74, 6) is 0. The van der Waals surface area contributed by atoms with E-state index < -0.39 is 0 Å². The predicted octanol–water partition coefficient (Wildman–Crippen LogP) is 1.66. The van der Waals surface area contributed by atoms with E-state index in [4.69, 9.17) is 0 Å². The lowest BCUT2D eigenvalue weighted by Gasteiger charge is -1.95. The van der Waals surface area contributed by atoms with E-state index in [1.54, 1.807) is 0 Å². The molecule has 8 heteroatoms. The smallest absolute Gasteiger partial charge is 0.226 e. The summed E-state index contributed by atoms with van der Waals surface area (Å²) >= 11 is 0. The molecule has 26 heavy (non-hydrogen) atoms. The van der Waals surface area contributed by atoms with Gasteiger partial charge >= 0.3 is 0 Å². The van der Waals surface area contributed by atoms with Gasteiger partial charge in [-0.15, -0.1) is 0 Å². The van der Waals surface area contributed by atoms with Crippen LogP contribution in [-0.2, 0) is 0 Å². The molecule has 4 rings (SSSR count). The maximum absolute atomic E-state index is 11.3. The first-order chi connectivity index (χ1) is 12.8. The van der Waals surface area contributed by atoms with E-state index in [1.807, 2.05) is 60.7 Å². The molecule has 4 aromatic rings. The minimum atomic E-state index is -0.176. The Labute approximate surface area is 147 Å². The first-order valence-electron chi connectivity index (χ1n) is 7.67. The third-order valence-electron chi connectivity index (χ3n) is 3.36. The maximum Gasteiger partial charge on any atom is 0.226 e. The number of aromatic amines is 2. The second-order valence-electron chi connectivity index (χ2n) is 5.10. The van der Waals surface area contributed by atoms with Crippen LogP contribution in [0.4, 0.5) is 0 Å². The zero-order chi connectivity index (χ0) is 18.2. The quantitative estimate of drug-likeness (QED) is 0.570. The van der Waals surface area contributed by atoms with Gasteiger partial charge in [0.15, 0.2) is 0 Å². The van der Waals surface area contributed by atoms with Gasteiger partial charge < -0.3 is 0 Å². The van der Waals surface area contributed by atoms with Crippen molar-refractivity contribution < 1.29 is 0 Å². The Balaban J connectivity index is 0.000000151. The van der Waals surface area contributed by atoms with E-state index in [0.29, 0.717) is 11.4 Å². The number of benzene rings is 2. The van der Waals surface area contributed by atoms with Gasteiger partial charge in [0, 0.05) is 11.1 Å². The molecule has 0 aliphatic heterocycles.